The van der Waals surface area contributed by atoms with Crippen LogP contribution in [0.15, 0.2) is 24.3 Å². The molecule has 0 unspecified atom stereocenters. The Morgan fingerprint density at radius 3 is 1.27 bits per heavy atom. The van der Waals surface area contributed by atoms with Gasteiger partial charge < -0.3 is 21.3 Å². The van der Waals surface area contributed by atoms with Crippen LogP contribution in [0, 0.1) is 0 Å². The Morgan fingerprint density at radius 1 is 0.527 bits per heavy atom. The van der Waals surface area contributed by atoms with Crippen LogP contribution in [0.25, 0.3) is 0 Å². The lowest BCUT2D eigenvalue weighted by Gasteiger charge is -2.32. The van der Waals surface area contributed by atoms with Crippen molar-refractivity contribution in [1.29, 1.82) is 0 Å². The zero-order valence-electron chi connectivity index (χ0n) is 36.1. The van der Waals surface area contributed by atoms with Gasteiger partial charge in [0.25, 0.3) is 0 Å². The van der Waals surface area contributed by atoms with Crippen molar-refractivity contribution in [3.05, 3.63) is 24.3 Å². The van der Waals surface area contributed by atoms with Gasteiger partial charge in [0.15, 0.2) is 0 Å². The number of rotatable bonds is 43. The zero-order valence-corrected chi connectivity index (χ0v) is 36.1. The number of nitrogens with zero attached hydrogens (tertiary/aromatic N) is 1. The van der Waals surface area contributed by atoms with Gasteiger partial charge in [0.2, 0.25) is 5.91 Å². The van der Waals surface area contributed by atoms with Gasteiger partial charge in [-0.1, -0.05) is 160 Å². The average Bonchev–Trinajstić information content (AvgIpc) is 3.16. The van der Waals surface area contributed by atoms with Gasteiger partial charge in [0.05, 0.1) is 6.04 Å². The van der Waals surface area contributed by atoms with Crippen molar-refractivity contribution in [3.63, 3.8) is 0 Å². The van der Waals surface area contributed by atoms with Gasteiger partial charge in [-0.25, -0.2) is 4.79 Å². The summed E-state index contributed by atoms with van der Waals surface area (Å²) in [5, 5.41) is 21.6. The van der Waals surface area contributed by atoms with Crippen LogP contribution in [-0.2, 0) is 14.4 Å². The summed E-state index contributed by atoms with van der Waals surface area (Å²) in [6.07, 6.45) is 46.3. The van der Waals surface area contributed by atoms with E-state index in [9.17, 15) is 19.5 Å². The number of carbonyl (C=O) groups is 3. The van der Waals surface area contributed by atoms with Gasteiger partial charge >= 0.3 is 11.9 Å². The maximum atomic E-state index is 13.7. The van der Waals surface area contributed by atoms with E-state index in [0.717, 1.165) is 51.6 Å². The van der Waals surface area contributed by atoms with Crippen LogP contribution in [0.1, 0.15) is 226 Å². The molecule has 0 spiro atoms. The summed E-state index contributed by atoms with van der Waals surface area (Å²) in [7, 11) is 0. The molecule has 0 rings (SSSR count). The molecule has 5 N–H and O–H groups in total. The summed E-state index contributed by atoms with van der Waals surface area (Å²) in [5.41, 5.74) is 5.81. The van der Waals surface area contributed by atoms with E-state index in [0.29, 0.717) is 13.0 Å². The molecular weight excluding hydrogens is 687 g/mol. The highest BCUT2D eigenvalue weighted by Crippen LogP contribution is 2.17. The van der Waals surface area contributed by atoms with Crippen LogP contribution >= 0.6 is 0 Å². The Hall–Kier alpha value is -2.19. The van der Waals surface area contributed by atoms with Gasteiger partial charge in [0.1, 0.15) is 6.04 Å². The summed E-state index contributed by atoms with van der Waals surface area (Å²) >= 11 is 0. The van der Waals surface area contributed by atoms with E-state index in [2.05, 4.69) is 48.4 Å². The molecule has 0 saturated heterocycles. The van der Waals surface area contributed by atoms with Gasteiger partial charge in [-0.15, -0.1) is 0 Å². The van der Waals surface area contributed by atoms with Gasteiger partial charge in [-0.2, -0.15) is 0 Å². The average molecular weight is 776 g/mol. The van der Waals surface area contributed by atoms with E-state index in [1.807, 2.05) is 0 Å². The lowest BCUT2D eigenvalue weighted by atomic mass is 10.0. The lowest BCUT2D eigenvalue weighted by molar-refractivity contribution is -0.144. The summed E-state index contributed by atoms with van der Waals surface area (Å²) in [6, 6.07) is -1.65. The quantitative estimate of drug-likeness (QED) is 0.0358. The highest BCUT2D eigenvalue weighted by molar-refractivity contribution is 5.87. The largest absolute Gasteiger partial charge is 0.481 e. The van der Waals surface area contributed by atoms with E-state index in [1.165, 1.54) is 154 Å². The van der Waals surface area contributed by atoms with E-state index in [-0.39, 0.29) is 18.7 Å². The zero-order chi connectivity index (χ0) is 40.5. The Morgan fingerprint density at radius 2 is 0.909 bits per heavy atom. The number of allylic oxidation sites excluding steroid dienone is 4. The minimum absolute atomic E-state index is 0.129. The second-order valence-corrected chi connectivity index (χ2v) is 16.0. The molecule has 1 amide bonds. The molecule has 8 nitrogen and oxygen atoms in total. The maximum Gasteiger partial charge on any atom is 0.326 e. The fourth-order valence-electron chi connectivity index (χ4n) is 7.30. The molecular formula is C47H89N3O5. The van der Waals surface area contributed by atoms with Crippen molar-refractivity contribution < 1.29 is 24.6 Å². The summed E-state index contributed by atoms with van der Waals surface area (Å²) in [6.45, 7) is 6.69. The molecule has 0 bridgehead atoms. The molecule has 0 aliphatic rings. The number of carboxylic acids is 2. The summed E-state index contributed by atoms with van der Waals surface area (Å²) in [5.74, 6) is -2.56. The number of unbranched alkanes of at least 4 members (excludes halogenated alkanes) is 25. The Balaban J connectivity index is 4.85. The second kappa shape index (κ2) is 41.4. The number of nitrogens with one attached hydrogen (secondary N) is 1. The molecule has 2 atom stereocenters. The van der Waals surface area contributed by atoms with Crippen LogP contribution in [-0.4, -0.2) is 64.7 Å². The number of hydrogen-bond acceptors (Lipinski definition) is 5. The van der Waals surface area contributed by atoms with Crippen LogP contribution < -0.4 is 11.1 Å². The molecule has 0 radical (unpaired) electrons. The molecule has 0 aromatic heterocycles. The number of hydrogen-bond donors (Lipinski definition) is 4. The van der Waals surface area contributed by atoms with Gasteiger partial charge in [0, 0.05) is 6.42 Å². The predicted molar refractivity (Wildman–Crippen MR) is 234 cm³/mol. The number of aliphatic carboxylic acids is 2. The highest BCUT2D eigenvalue weighted by atomic mass is 16.4. The van der Waals surface area contributed by atoms with Crippen LogP contribution in [0.5, 0.6) is 0 Å². The van der Waals surface area contributed by atoms with Crippen LogP contribution in [0.4, 0.5) is 0 Å². The fourth-order valence-corrected chi connectivity index (χ4v) is 7.30. The van der Waals surface area contributed by atoms with Gasteiger partial charge in [-0.3, -0.25) is 14.5 Å². The minimum Gasteiger partial charge on any atom is -0.481 e. The van der Waals surface area contributed by atoms with Crippen molar-refractivity contribution in [1.82, 2.24) is 10.2 Å². The molecule has 0 aliphatic carbocycles. The first-order chi connectivity index (χ1) is 26.9. The minimum atomic E-state index is -1.21. The molecule has 0 saturated carbocycles. The van der Waals surface area contributed by atoms with E-state index in [1.54, 1.807) is 0 Å². The molecule has 0 aliphatic heterocycles. The number of carbonyl (C=O) groups excluding carboxylic acids is 1. The van der Waals surface area contributed by atoms with Crippen LogP contribution in [0.2, 0.25) is 0 Å². The first kappa shape index (κ1) is 52.8. The molecule has 0 aromatic carbocycles. The molecule has 55 heavy (non-hydrogen) atoms. The lowest BCUT2D eigenvalue weighted by Crippen LogP contribution is -2.52. The number of nitrogens with two attached hydrogens (primary N) is 1. The third-order valence-corrected chi connectivity index (χ3v) is 10.9. The SMILES string of the molecule is CCCCCCCC/C=C\CCCCCCCCN(CCCCCCCC/C=C\CCCCCCCC)[C@@H](CCCCN)C(=O)N[C@@H](CCC(=O)O)C(=O)O. The normalized spacial score (nSPS) is 12.9. The topological polar surface area (TPSA) is 133 Å². The fraction of sp³-hybridized carbons (Fsp3) is 0.851. The Labute approximate surface area is 339 Å². The maximum absolute atomic E-state index is 13.7. The van der Waals surface area contributed by atoms with Crippen molar-refractivity contribution >= 4 is 17.8 Å². The first-order valence-electron chi connectivity index (χ1n) is 23.4. The monoisotopic (exact) mass is 776 g/mol. The van der Waals surface area contributed by atoms with Gasteiger partial charge in [-0.05, 0) is 103 Å². The van der Waals surface area contributed by atoms with Crippen LogP contribution in [0.3, 0.4) is 0 Å². The number of amides is 1. The molecule has 0 heterocycles. The van der Waals surface area contributed by atoms with Crippen molar-refractivity contribution in [2.75, 3.05) is 19.6 Å². The van der Waals surface area contributed by atoms with E-state index >= 15 is 0 Å². The Bertz CT molecular complexity index is 898. The smallest absolute Gasteiger partial charge is 0.326 e. The third kappa shape index (κ3) is 35.9. The molecule has 0 fully saturated rings. The van der Waals surface area contributed by atoms with Crippen molar-refractivity contribution in [2.24, 2.45) is 5.73 Å². The first-order valence-corrected chi connectivity index (χ1v) is 23.4. The second-order valence-electron chi connectivity index (χ2n) is 16.0. The highest BCUT2D eigenvalue weighted by Gasteiger charge is 2.29. The van der Waals surface area contributed by atoms with E-state index < -0.39 is 24.0 Å². The predicted octanol–water partition coefficient (Wildman–Crippen LogP) is 12.3. The summed E-state index contributed by atoms with van der Waals surface area (Å²) in [4.78, 5) is 39.0. The molecule has 0 aromatic rings. The summed E-state index contributed by atoms with van der Waals surface area (Å²) < 4.78 is 0. The molecule has 8 heteroatoms. The third-order valence-electron chi connectivity index (χ3n) is 10.9. The van der Waals surface area contributed by atoms with E-state index in [4.69, 9.17) is 10.8 Å². The van der Waals surface area contributed by atoms with Crippen molar-refractivity contribution in [3.8, 4) is 0 Å². The molecule has 322 valence electrons. The standard InChI is InChI=1S/C47H89N3O5/c1-3-5-7-9-11-13-15-17-19-21-23-25-27-29-31-35-41-50(42-36-32-30-28-26-24-22-20-18-16-14-12-10-8-6-4-2)44(37-33-34-40-48)46(53)49-43(47(54)55)38-39-45(51)52/h17-20,43-44H,3-16,21-42,48H2,1-2H3,(H,49,53)(H,51,52)(H,54,55)/b19-17-,20-18-/t43-,44-/m0/s1. The Kier molecular flexibility index (Phi) is 39.8. The van der Waals surface area contributed by atoms with Crippen molar-refractivity contribution in [2.45, 2.75) is 238 Å². The number of carboxylic acid groups (broad SMARTS) is 2.